The molecule has 0 aliphatic heterocycles. The fourth-order valence-electron chi connectivity index (χ4n) is 3.14. The van der Waals surface area contributed by atoms with Gasteiger partial charge in [-0.05, 0) is 41.3 Å². The first-order chi connectivity index (χ1) is 11.3. The van der Waals surface area contributed by atoms with Crippen molar-refractivity contribution < 1.29 is 0 Å². The van der Waals surface area contributed by atoms with E-state index in [9.17, 15) is 0 Å². The van der Waals surface area contributed by atoms with Crippen LogP contribution in [0.4, 0.5) is 0 Å². The highest BCUT2D eigenvalue weighted by molar-refractivity contribution is 5.28. The highest BCUT2D eigenvalue weighted by Crippen LogP contribution is 2.41. The minimum absolute atomic E-state index is 0.227. The van der Waals surface area contributed by atoms with Crippen LogP contribution in [0.2, 0.25) is 0 Å². The van der Waals surface area contributed by atoms with Crippen LogP contribution in [-0.4, -0.2) is 25.1 Å². The van der Waals surface area contributed by atoms with Crippen molar-refractivity contribution in [3.05, 3.63) is 78.4 Å². The molecule has 5 heteroatoms. The molecule has 3 atom stereocenters. The Hall–Kier alpha value is -2.69. The Morgan fingerprint density at radius 1 is 0.739 bits per heavy atom. The third-order valence-corrected chi connectivity index (χ3v) is 4.37. The standard InChI is InChI=1S/C18H19N5/c1-13(15-3-7-19-8-4-15)18(16-5-10-22-23-11-16)14(2)17-6-9-20-12-21-17/h3-14,18H,1-2H3. The average molecular weight is 305 g/mol. The molecule has 0 bridgehead atoms. The van der Waals surface area contributed by atoms with Crippen molar-refractivity contribution in [2.45, 2.75) is 31.6 Å². The molecule has 3 rings (SSSR count). The second-order valence-electron chi connectivity index (χ2n) is 5.69. The SMILES string of the molecule is CC(c1ccncc1)C(c1ccnnc1)C(C)c1ccncn1. The van der Waals surface area contributed by atoms with Gasteiger partial charge in [0, 0.05) is 42.3 Å². The van der Waals surface area contributed by atoms with Gasteiger partial charge in [-0.2, -0.15) is 10.2 Å². The Morgan fingerprint density at radius 3 is 2.13 bits per heavy atom. The molecule has 0 aromatic carbocycles. The maximum absolute atomic E-state index is 4.44. The van der Waals surface area contributed by atoms with Gasteiger partial charge in [-0.3, -0.25) is 4.98 Å². The van der Waals surface area contributed by atoms with Gasteiger partial charge in [0.05, 0.1) is 6.20 Å². The van der Waals surface area contributed by atoms with Crippen molar-refractivity contribution in [1.82, 2.24) is 25.1 Å². The first-order valence-corrected chi connectivity index (χ1v) is 7.70. The molecular weight excluding hydrogens is 286 g/mol. The number of pyridine rings is 1. The third kappa shape index (κ3) is 3.39. The highest BCUT2D eigenvalue weighted by atomic mass is 15.1. The van der Waals surface area contributed by atoms with Gasteiger partial charge in [0.2, 0.25) is 0 Å². The molecule has 23 heavy (non-hydrogen) atoms. The zero-order chi connectivity index (χ0) is 16.1. The average Bonchev–Trinajstić information content (AvgIpc) is 2.64. The van der Waals surface area contributed by atoms with E-state index >= 15 is 0 Å². The lowest BCUT2D eigenvalue weighted by Crippen LogP contribution is -2.17. The molecule has 3 aromatic heterocycles. The lowest BCUT2D eigenvalue weighted by Gasteiger charge is -2.29. The summed E-state index contributed by atoms with van der Waals surface area (Å²) in [5, 5.41) is 7.97. The molecule has 0 amide bonds. The minimum atomic E-state index is 0.227. The van der Waals surface area contributed by atoms with Gasteiger partial charge >= 0.3 is 0 Å². The summed E-state index contributed by atoms with van der Waals surface area (Å²) < 4.78 is 0. The van der Waals surface area contributed by atoms with Gasteiger partial charge in [0.25, 0.3) is 0 Å². The number of nitrogens with zero attached hydrogens (tertiary/aromatic N) is 5. The smallest absolute Gasteiger partial charge is 0.115 e. The van der Waals surface area contributed by atoms with Gasteiger partial charge in [-0.1, -0.05) is 13.8 Å². The van der Waals surface area contributed by atoms with Crippen molar-refractivity contribution in [1.29, 1.82) is 0 Å². The van der Waals surface area contributed by atoms with E-state index < -0.39 is 0 Å². The quantitative estimate of drug-likeness (QED) is 0.723. The second-order valence-corrected chi connectivity index (χ2v) is 5.69. The normalized spacial score (nSPS) is 14.9. The molecule has 5 nitrogen and oxygen atoms in total. The van der Waals surface area contributed by atoms with E-state index in [1.165, 1.54) is 5.56 Å². The summed E-state index contributed by atoms with van der Waals surface area (Å²) >= 11 is 0. The summed E-state index contributed by atoms with van der Waals surface area (Å²) in [7, 11) is 0. The molecule has 0 saturated heterocycles. The molecule has 116 valence electrons. The molecule has 0 aliphatic carbocycles. The highest BCUT2D eigenvalue weighted by Gasteiger charge is 2.28. The van der Waals surface area contributed by atoms with Crippen molar-refractivity contribution in [2.24, 2.45) is 0 Å². The Labute approximate surface area is 135 Å². The van der Waals surface area contributed by atoms with Crippen LogP contribution in [0.1, 0.15) is 48.4 Å². The molecule has 3 aromatic rings. The molecular formula is C18H19N5. The van der Waals surface area contributed by atoms with E-state index in [1.54, 1.807) is 18.7 Å². The molecule has 3 unspecified atom stereocenters. The van der Waals surface area contributed by atoms with Crippen molar-refractivity contribution in [2.75, 3.05) is 0 Å². The Morgan fingerprint density at radius 2 is 1.48 bits per heavy atom. The van der Waals surface area contributed by atoms with Gasteiger partial charge < -0.3 is 0 Å². The molecule has 0 spiro atoms. The summed E-state index contributed by atoms with van der Waals surface area (Å²) in [6.45, 7) is 4.43. The van der Waals surface area contributed by atoms with Crippen LogP contribution < -0.4 is 0 Å². The van der Waals surface area contributed by atoms with Crippen LogP contribution in [0.3, 0.4) is 0 Å². The molecule has 0 saturated carbocycles. The van der Waals surface area contributed by atoms with Crippen LogP contribution in [0, 0.1) is 0 Å². The molecule has 3 heterocycles. The predicted molar refractivity (Wildman–Crippen MR) is 87.9 cm³/mol. The monoisotopic (exact) mass is 305 g/mol. The van der Waals surface area contributed by atoms with E-state index in [2.05, 4.69) is 51.1 Å². The number of hydrogen-bond acceptors (Lipinski definition) is 5. The summed E-state index contributed by atoms with van der Waals surface area (Å²) in [6.07, 6.45) is 10.7. The zero-order valence-electron chi connectivity index (χ0n) is 13.2. The topological polar surface area (TPSA) is 64.5 Å². The predicted octanol–water partition coefficient (Wildman–Crippen LogP) is 3.35. The summed E-state index contributed by atoms with van der Waals surface area (Å²) in [6, 6.07) is 8.15. The lowest BCUT2D eigenvalue weighted by molar-refractivity contribution is 0.486. The summed E-state index contributed by atoms with van der Waals surface area (Å²) in [4.78, 5) is 12.6. The molecule has 0 fully saturated rings. The maximum Gasteiger partial charge on any atom is 0.115 e. The molecule has 0 aliphatic rings. The fourth-order valence-corrected chi connectivity index (χ4v) is 3.14. The van der Waals surface area contributed by atoms with Crippen LogP contribution in [0.15, 0.2) is 61.6 Å². The zero-order valence-corrected chi connectivity index (χ0v) is 13.2. The van der Waals surface area contributed by atoms with E-state index in [1.807, 2.05) is 30.7 Å². The van der Waals surface area contributed by atoms with Crippen molar-refractivity contribution >= 4 is 0 Å². The maximum atomic E-state index is 4.44. The first kappa shape index (κ1) is 15.2. The summed E-state index contributed by atoms with van der Waals surface area (Å²) in [5.74, 6) is 0.764. The van der Waals surface area contributed by atoms with Crippen LogP contribution in [-0.2, 0) is 0 Å². The van der Waals surface area contributed by atoms with Crippen molar-refractivity contribution in [3.63, 3.8) is 0 Å². The second kappa shape index (κ2) is 7.05. The fraction of sp³-hybridized carbons (Fsp3) is 0.278. The first-order valence-electron chi connectivity index (χ1n) is 7.70. The minimum Gasteiger partial charge on any atom is -0.265 e. The van der Waals surface area contributed by atoms with Crippen LogP contribution >= 0.6 is 0 Å². The van der Waals surface area contributed by atoms with Crippen molar-refractivity contribution in [3.8, 4) is 0 Å². The largest absolute Gasteiger partial charge is 0.265 e. The van der Waals surface area contributed by atoms with Gasteiger partial charge in [-0.15, -0.1) is 0 Å². The lowest BCUT2D eigenvalue weighted by atomic mass is 9.75. The number of hydrogen-bond donors (Lipinski definition) is 0. The van der Waals surface area contributed by atoms with E-state index in [0.29, 0.717) is 5.92 Å². The van der Waals surface area contributed by atoms with Gasteiger partial charge in [-0.25, -0.2) is 9.97 Å². The Balaban J connectivity index is 2.01. The van der Waals surface area contributed by atoms with Crippen LogP contribution in [0.25, 0.3) is 0 Å². The molecule has 0 N–H and O–H groups in total. The van der Waals surface area contributed by atoms with Gasteiger partial charge in [0.15, 0.2) is 0 Å². The number of rotatable bonds is 5. The molecule has 0 radical (unpaired) electrons. The Bertz CT molecular complexity index is 673. The third-order valence-electron chi connectivity index (χ3n) is 4.37. The van der Waals surface area contributed by atoms with E-state index in [0.717, 1.165) is 11.3 Å². The number of aromatic nitrogens is 5. The van der Waals surface area contributed by atoms with E-state index in [4.69, 9.17) is 0 Å². The summed E-state index contributed by atoms with van der Waals surface area (Å²) in [5.41, 5.74) is 3.45. The van der Waals surface area contributed by atoms with Gasteiger partial charge in [0.1, 0.15) is 6.33 Å². The Kier molecular flexibility index (Phi) is 4.66. The van der Waals surface area contributed by atoms with Crippen LogP contribution in [0.5, 0.6) is 0 Å². The van der Waals surface area contributed by atoms with E-state index in [-0.39, 0.29) is 11.8 Å².